The quantitative estimate of drug-likeness (QED) is 0.863. The summed E-state index contributed by atoms with van der Waals surface area (Å²) in [6.07, 6.45) is -3.11. The number of amides is 1. The zero-order valence-electron chi connectivity index (χ0n) is 12.9. The molecule has 9 heteroatoms. The first-order chi connectivity index (χ1) is 11.8. The van der Waals surface area contributed by atoms with Crippen molar-refractivity contribution in [3.05, 3.63) is 53.5 Å². The molecule has 132 valence electrons. The molecule has 0 aliphatic carbocycles. The van der Waals surface area contributed by atoms with Gasteiger partial charge in [-0.2, -0.15) is 13.2 Å². The van der Waals surface area contributed by atoms with Gasteiger partial charge in [0.05, 0.1) is 17.7 Å². The summed E-state index contributed by atoms with van der Waals surface area (Å²) in [6, 6.07) is 4.12. The fourth-order valence-corrected chi connectivity index (χ4v) is 3.04. The molecule has 0 saturated carbocycles. The molecule has 2 heterocycles. The second kappa shape index (κ2) is 6.32. The van der Waals surface area contributed by atoms with Crippen molar-refractivity contribution in [3.8, 4) is 0 Å². The number of hydrogen-bond acceptors (Lipinski definition) is 5. The second-order valence-electron chi connectivity index (χ2n) is 5.77. The lowest BCUT2D eigenvalue weighted by molar-refractivity contribution is -0.138. The average molecular weight is 352 g/mol. The van der Waals surface area contributed by atoms with E-state index in [1.165, 1.54) is 35.6 Å². The molecule has 0 bridgehead atoms. The van der Waals surface area contributed by atoms with Crippen LogP contribution in [0, 0.1) is 0 Å². The molecule has 0 radical (unpaired) electrons. The van der Waals surface area contributed by atoms with Gasteiger partial charge in [-0.1, -0.05) is 18.2 Å². The van der Waals surface area contributed by atoms with Gasteiger partial charge in [-0.15, -0.1) is 0 Å². The summed E-state index contributed by atoms with van der Waals surface area (Å²) in [5, 5.41) is 9.95. The zero-order valence-corrected chi connectivity index (χ0v) is 12.9. The number of nitrogens with two attached hydrogens (primary N) is 1. The number of β-amino-alcohol motifs (C(OH)–C–C–N with tert-alkyl or cyclic N) is 1. The molecular weight excluding hydrogens is 337 g/mol. The first-order valence-electron chi connectivity index (χ1n) is 7.49. The van der Waals surface area contributed by atoms with Gasteiger partial charge in [-0.3, -0.25) is 4.79 Å². The van der Waals surface area contributed by atoms with Crippen LogP contribution in [0.25, 0.3) is 0 Å². The van der Waals surface area contributed by atoms with Gasteiger partial charge in [-0.25, -0.2) is 9.97 Å². The molecule has 6 nitrogen and oxygen atoms in total. The number of nitrogens with zero attached hydrogens (tertiary/aromatic N) is 3. The van der Waals surface area contributed by atoms with Gasteiger partial charge in [0.1, 0.15) is 17.7 Å². The van der Waals surface area contributed by atoms with E-state index in [-0.39, 0.29) is 29.9 Å². The highest BCUT2D eigenvalue weighted by atomic mass is 19.4. The maximum atomic E-state index is 13.3. The Labute approximate surface area is 141 Å². The highest BCUT2D eigenvalue weighted by molar-refractivity contribution is 5.98. The lowest BCUT2D eigenvalue weighted by Crippen LogP contribution is -2.33. The van der Waals surface area contributed by atoms with Crippen LogP contribution in [0.15, 0.2) is 36.8 Å². The largest absolute Gasteiger partial charge is 0.416 e. The summed E-state index contributed by atoms with van der Waals surface area (Å²) in [6.45, 7) is -0.0932. The fourth-order valence-electron chi connectivity index (χ4n) is 3.04. The third-order valence-corrected chi connectivity index (χ3v) is 4.14. The van der Waals surface area contributed by atoms with Gasteiger partial charge in [0.15, 0.2) is 0 Å². The van der Waals surface area contributed by atoms with Crippen LogP contribution in [-0.4, -0.2) is 38.5 Å². The van der Waals surface area contributed by atoms with E-state index in [9.17, 15) is 23.1 Å². The molecule has 1 aromatic heterocycles. The number of carbonyl (C=O) groups is 1. The van der Waals surface area contributed by atoms with Gasteiger partial charge in [0, 0.05) is 12.7 Å². The Hall–Kier alpha value is -2.68. The predicted octanol–water partition coefficient (Wildman–Crippen LogP) is 2.03. The first-order valence-corrected chi connectivity index (χ1v) is 7.49. The van der Waals surface area contributed by atoms with Crippen molar-refractivity contribution in [1.29, 1.82) is 0 Å². The van der Waals surface area contributed by atoms with Crippen LogP contribution in [0.5, 0.6) is 0 Å². The summed E-state index contributed by atoms with van der Waals surface area (Å²) in [7, 11) is 0. The summed E-state index contributed by atoms with van der Waals surface area (Å²) >= 11 is 0. The fraction of sp³-hybridized carbons (Fsp3) is 0.312. The van der Waals surface area contributed by atoms with E-state index in [0.29, 0.717) is 0 Å². The number of hydrogen-bond donors (Lipinski definition) is 2. The van der Waals surface area contributed by atoms with E-state index >= 15 is 0 Å². The number of carbonyl (C=O) groups excluding carboxylic acids is 1. The second-order valence-corrected chi connectivity index (χ2v) is 5.77. The molecule has 25 heavy (non-hydrogen) atoms. The Kier molecular flexibility index (Phi) is 4.34. The molecule has 0 spiro atoms. The van der Waals surface area contributed by atoms with Crippen LogP contribution in [0.1, 0.15) is 33.9 Å². The van der Waals surface area contributed by atoms with E-state index in [1.807, 2.05) is 0 Å². The molecule has 1 amide bonds. The number of anilines is 1. The summed E-state index contributed by atoms with van der Waals surface area (Å²) in [4.78, 5) is 21.4. The van der Waals surface area contributed by atoms with Crippen molar-refractivity contribution in [1.82, 2.24) is 14.9 Å². The summed E-state index contributed by atoms with van der Waals surface area (Å²) < 4.78 is 39.9. The number of benzene rings is 1. The average Bonchev–Trinajstić information content (AvgIpc) is 2.96. The number of likely N-dealkylation sites (tertiary alicyclic amines) is 1. The minimum Gasteiger partial charge on any atom is -0.391 e. The summed E-state index contributed by atoms with van der Waals surface area (Å²) in [5.74, 6) is -0.680. The van der Waals surface area contributed by atoms with Crippen molar-refractivity contribution in [2.75, 3.05) is 12.3 Å². The predicted molar refractivity (Wildman–Crippen MR) is 82.3 cm³/mol. The minimum absolute atomic E-state index is 0.00638. The van der Waals surface area contributed by atoms with Gasteiger partial charge < -0.3 is 15.7 Å². The smallest absolute Gasteiger partial charge is 0.391 e. The number of halogens is 3. The number of alkyl halides is 3. The van der Waals surface area contributed by atoms with Crippen molar-refractivity contribution >= 4 is 11.7 Å². The van der Waals surface area contributed by atoms with Gasteiger partial charge >= 0.3 is 6.18 Å². The molecule has 1 fully saturated rings. The molecule has 1 aromatic carbocycles. The van der Waals surface area contributed by atoms with Gasteiger partial charge in [-0.05, 0) is 18.1 Å². The molecule has 1 aliphatic heterocycles. The van der Waals surface area contributed by atoms with Crippen molar-refractivity contribution < 1.29 is 23.1 Å². The monoisotopic (exact) mass is 352 g/mol. The van der Waals surface area contributed by atoms with Gasteiger partial charge in [0.25, 0.3) is 5.91 Å². The van der Waals surface area contributed by atoms with Crippen LogP contribution in [0.3, 0.4) is 0 Å². The lowest BCUT2D eigenvalue weighted by atomic mass is 9.97. The van der Waals surface area contributed by atoms with Crippen molar-refractivity contribution in [2.24, 2.45) is 0 Å². The SMILES string of the molecule is Nc1ncncc1C(=O)N1C[C@@H](O)C[C@@H]1c1ccccc1C(F)(F)F. The minimum atomic E-state index is -4.56. The molecule has 2 atom stereocenters. The van der Waals surface area contributed by atoms with Crippen molar-refractivity contribution in [2.45, 2.75) is 24.7 Å². The maximum absolute atomic E-state index is 13.3. The Morgan fingerprint density at radius 1 is 1.32 bits per heavy atom. The molecule has 3 rings (SSSR count). The number of aliphatic hydroxyl groups excluding tert-OH is 1. The highest BCUT2D eigenvalue weighted by Gasteiger charge is 2.41. The third-order valence-electron chi connectivity index (χ3n) is 4.14. The van der Waals surface area contributed by atoms with Crippen LogP contribution < -0.4 is 5.73 Å². The van der Waals surface area contributed by atoms with E-state index in [0.717, 1.165) is 6.07 Å². The Morgan fingerprint density at radius 2 is 2.04 bits per heavy atom. The first kappa shape index (κ1) is 17.2. The Bertz CT molecular complexity index is 797. The molecule has 0 unspecified atom stereocenters. The zero-order chi connectivity index (χ0) is 18.2. The van der Waals surface area contributed by atoms with E-state index in [2.05, 4.69) is 9.97 Å². The number of nitrogen functional groups attached to an aromatic ring is 1. The summed E-state index contributed by atoms with van der Waals surface area (Å²) in [5.41, 5.74) is 4.77. The molecule has 1 saturated heterocycles. The number of aliphatic hydroxyl groups is 1. The van der Waals surface area contributed by atoms with E-state index < -0.39 is 29.8 Å². The normalized spacial score (nSPS) is 20.7. The molecule has 1 aliphatic rings. The lowest BCUT2D eigenvalue weighted by Gasteiger charge is -2.27. The van der Waals surface area contributed by atoms with Gasteiger partial charge in [0.2, 0.25) is 0 Å². The maximum Gasteiger partial charge on any atom is 0.416 e. The standard InChI is InChI=1S/C16H15F3N4O2/c17-16(18,19)12-4-2-1-3-10(12)13-5-9(24)7-23(13)15(25)11-6-21-8-22-14(11)20/h1-4,6,8-9,13,24H,5,7H2,(H2,20,21,22)/t9-,13+/m0/s1. The van der Waals surface area contributed by atoms with Crippen LogP contribution >= 0.6 is 0 Å². The Morgan fingerprint density at radius 3 is 2.72 bits per heavy atom. The molecule has 2 aromatic rings. The van der Waals surface area contributed by atoms with E-state index in [4.69, 9.17) is 5.73 Å². The topological polar surface area (TPSA) is 92.3 Å². The van der Waals surface area contributed by atoms with Crippen molar-refractivity contribution in [3.63, 3.8) is 0 Å². The molecular formula is C16H15F3N4O2. The van der Waals surface area contributed by atoms with E-state index in [1.54, 1.807) is 0 Å². The number of rotatable bonds is 2. The third kappa shape index (κ3) is 3.27. The number of aromatic nitrogens is 2. The van der Waals surface area contributed by atoms with Crippen LogP contribution in [-0.2, 0) is 6.18 Å². The van der Waals surface area contributed by atoms with Crippen LogP contribution in [0.2, 0.25) is 0 Å². The van der Waals surface area contributed by atoms with Crippen LogP contribution in [0.4, 0.5) is 19.0 Å². The Balaban J connectivity index is 2.02. The highest BCUT2D eigenvalue weighted by Crippen LogP contribution is 2.41. The molecule has 3 N–H and O–H groups in total.